The van der Waals surface area contributed by atoms with Gasteiger partial charge >= 0.3 is 0 Å². The van der Waals surface area contributed by atoms with Gasteiger partial charge in [0.05, 0.1) is 0 Å². The molecule has 2 rings (SSSR count). The van der Waals surface area contributed by atoms with E-state index in [1.165, 1.54) is 6.42 Å². The number of allylic oxidation sites excluding steroid dienone is 4. The molecule has 0 aromatic rings. The van der Waals surface area contributed by atoms with Crippen molar-refractivity contribution in [3.8, 4) is 0 Å². The van der Waals surface area contributed by atoms with Gasteiger partial charge in [0, 0.05) is 12.8 Å². The van der Waals surface area contributed by atoms with Crippen LogP contribution in [0.5, 0.6) is 0 Å². The van der Waals surface area contributed by atoms with Gasteiger partial charge in [-0.15, -0.1) is 0 Å². The predicted octanol–water partition coefficient (Wildman–Crippen LogP) is 2.49. The number of Topliss-reactive ketones (excluding diaryl/α,β-unsaturated/α-hetero) is 1. The molecule has 0 saturated heterocycles. The minimum absolute atomic E-state index is 0.447. The normalized spacial score (nSPS) is 34.5. The average Bonchev–Trinajstić information content (AvgIpc) is 2.35. The Balaban J connectivity index is 2.16. The summed E-state index contributed by atoms with van der Waals surface area (Å²) in [6.07, 6.45) is 12.4. The highest BCUT2D eigenvalue weighted by Crippen LogP contribution is 2.29. The summed E-state index contributed by atoms with van der Waals surface area (Å²) in [4.78, 5) is 11.3. The van der Waals surface area contributed by atoms with Crippen LogP contribution in [0.3, 0.4) is 0 Å². The van der Waals surface area contributed by atoms with Gasteiger partial charge in [-0.3, -0.25) is 4.79 Å². The minimum atomic E-state index is 0.447. The Morgan fingerprint density at radius 2 is 1.92 bits per heavy atom. The highest BCUT2D eigenvalue weighted by molar-refractivity contribution is 5.79. The summed E-state index contributed by atoms with van der Waals surface area (Å²) >= 11 is 0. The Hall–Kier alpha value is -0.850. The lowest BCUT2D eigenvalue weighted by molar-refractivity contribution is -0.119. The van der Waals surface area contributed by atoms with Gasteiger partial charge in [-0.2, -0.15) is 0 Å². The lowest BCUT2D eigenvalue weighted by Gasteiger charge is -2.10. The summed E-state index contributed by atoms with van der Waals surface area (Å²) in [6.45, 7) is 0. The number of ketones is 1. The lowest BCUT2D eigenvalue weighted by Crippen LogP contribution is -2.02. The van der Waals surface area contributed by atoms with E-state index in [9.17, 15) is 4.79 Å². The van der Waals surface area contributed by atoms with Crippen LogP contribution in [0.4, 0.5) is 0 Å². The maximum Gasteiger partial charge on any atom is 0.133 e. The summed E-state index contributed by atoms with van der Waals surface area (Å²) < 4.78 is 0. The van der Waals surface area contributed by atoms with Crippen molar-refractivity contribution in [3.63, 3.8) is 0 Å². The van der Waals surface area contributed by atoms with Crippen molar-refractivity contribution in [2.24, 2.45) is 11.8 Å². The summed E-state index contributed by atoms with van der Waals surface area (Å²) in [6, 6.07) is 0. The van der Waals surface area contributed by atoms with E-state index in [4.69, 9.17) is 0 Å². The van der Waals surface area contributed by atoms with Gasteiger partial charge < -0.3 is 0 Å². The molecule has 1 heteroatoms. The second-order valence-electron chi connectivity index (χ2n) is 3.81. The lowest BCUT2D eigenvalue weighted by atomic mass is 9.94. The van der Waals surface area contributed by atoms with Crippen molar-refractivity contribution in [3.05, 3.63) is 24.3 Å². The molecule has 2 atom stereocenters. The number of fused-ring (bicyclic) bond motifs is 2. The summed E-state index contributed by atoms with van der Waals surface area (Å²) in [5.41, 5.74) is 0. The molecule has 2 bridgehead atoms. The highest BCUT2D eigenvalue weighted by Gasteiger charge is 2.21. The van der Waals surface area contributed by atoms with Crippen LogP contribution in [-0.2, 0) is 4.79 Å². The van der Waals surface area contributed by atoms with E-state index in [-0.39, 0.29) is 0 Å². The SMILES string of the molecule is O=C1CC[C@@H]2C=CC=C[C@H](C1)C2. The zero-order valence-electron chi connectivity index (χ0n) is 7.20. The number of rotatable bonds is 0. The van der Waals surface area contributed by atoms with Gasteiger partial charge in [0.15, 0.2) is 0 Å². The van der Waals surface area contributed by atoms with Crippen molar-refractivity contribution >= 4 is 5.78 Å². The average molecular weight is 162 g/mol. The smallest absolute Gasteiger partial charge is 0.133 e. The second-order valence-corrected chi connectivity index (χ2v) is 3.81. The van der Waals surface area contributed by atoms with E-state index >= 15 is 0 Å². The van der Waals surface area contributed by atoms with Gasteiger partial charge in [0.1, 0.15) is 5.78 Å². The van der Waals surface area contributed by atoms with Crippen LogP contribution >= 0.6 is 0 Å². The maximum atomic E-state index is 11.3. The largest absolute Gasteiger partial charge is 0.300 e. The molecule has 64 valence electrons. The van der Waals surface area contributed by atoms with Gasteiger partial charge in [0.2, 0.25) is 0 Å². The van der Waals surface area contributed by atoms with Crippen molar-refractivity contribution in [1.29, 1.82) is 0 Å². The molecule has 0 heterocycles. The Kier molecular flexibility index (Phi) is 2.11. The van der Waals surface area contributed by atoms with E-state index in [0.29, 0.717) is 17.6 Å². The Morgan fingerprint density at radius 1 is 1.17 bits per heavy atom. The fourth-order valence-corrected chi connectivity index (χ4v) is 2.09. The van der Waals surface area contributed by atoms with Crippen LogP contribution in [0.2, 0.25) is 0 Å². The highest BCUT2D eigenvalue weighted by atomic mass is 16.1. The standard InChI is InChI=1S/C11H14O/c12-11-6-5-9-3-1-2-4-10(7-9)8-11/h1-4,9-10H,5-8H2/t9-,10-/m0/s1. The Morgan fingerprint density at radius 3 is 2.75 bits per heavy atom. The zero-order valence-corrected chi connectivity index (χ0v) is 7.20. The molecule has 2 aliphatic carbocycles. The molecular weight excluding hydrogens is 148 g/mol. The van der Waals surface area contributed by atoms with Gasteiger partial charge in [-0.05, 0) is 24.7 Å². The molecule has 1 saturated carbocycles. The van der Waals surface area contributed by atoms with E-state index < -0.39 is 0 Å². The van der Waals surface area contributed by atoms with E-state index in [2.05, 4.69) is 24.3 Å². The molecule has 12 heavy (non-hydrogen) atoms. The molecule has 0 aromatic carbocycles. The summed E-state index contributed by atoms with van der Waals surface area (Å²) in [7, 11) is 0. The molecule has 1 fully saturated rings. The van der Waals surface area contributed by atoms with Crippen LogP contribution in [0.25, 0.3) is 0 Å². The first-order valence-electron chi connectivity index (χ1n) is 4.71. The molecule has 0 N–H and O–H groups in total. The maximum absolute atomic E-state index is 11.3. The van der Waals surface area contributed by atoms with Gasteiger partial charge in [0.25, 0.3) is 0 Å². The van der Waals surface area contributed by atoms with Crippen molar-refractivity contribution in [2.45, 2.75) is 25.7 Å². The molecule has 2 aliphatic rings. The Bertz CT molecular complexity index is 237. The first kappa shape index (κ1) is 7.78. The van der Waals surface area contributed by atoms with E-state index in [1.54, 1.807) is 0 Å². The molecule has 0 spiro atoms. The first-order chi connectivity index (χ1) is 5.84. The molecule has 0 aromatic heterocycles. The van der Waals surface area contributed by atoms with Crippen molar-refractivity contribution < 1.29 is 4.79 Å². The van der Waals surface area contributed by atoms with Crippen LogP contribution in [0.1, 0.15) is 25.7 Å². The molecule has 0 unspecified atom stereocenters. The fraction of sp³-hybridized carbons (Fsp3) is 0.545. The fourth-order valence-electron chi connectivity index (χ4n) is 2.09. The molecule has 1 nitrogen and oxygen atoms in total. The first-order valence-corrected chi connectivity index (χ1v) is 4.71. The van der Waals surface area contributed by atoms with Crippen LogP contribution < -0.4 is 0 Å². The summed E-state index contributed by atoms with van der Waals surface area (Å²) in [5.74, 6) is 1.61. The van der Waals surface area contributed by atoms with Crippen LogP contribution in [0.15, 0.2) is 24.3 Å². The van der Waals surface area contributed by atoms with Crippen molar-refractivity contribution in [2.75, 3.05) is 0 Å². The predicted molar refractivity (Wildman–Crippen MR) is 48.7 cm³/mol. The minimum Gasteiger partial charge on any atom is -0.300 e. The van der Waals surface area contributed by atoms with Crippen LogP contribution in [-0.4, -0.2) is 5.78 Å². The number of carbonyl (C=O) groups excluding carboxylic acids is 1. The number of carbonyl (C=O) groups is 1. The molecular formula is C11H14O. The number of hydrogen-bond donors (Lipinski definition) is 0. The number of hydrogen-bond acceptors (Lipinski definition) is 1. The molecule has 0 radical (unpaired) electrons. The topological polar surface area (TPSA) is 17.1 Å². The third-order valence-corrected chi connectivity index (χ3v) is 2.77. The van der Waals surface area contributed by atoms with Crippen molar-refractivity contribution in [1.82, 2.24) is 0 Å². The van der Waals surface area contributed by atoms with Gasteiger partial charge in [-0.25, -0.2) is 0 Å². The third-order valence-electron chi connectivity index (χ3n) is 2.77. The van der Waals surface area contributed by atoms with E-state index in [1.807, 2.05) is 0 Å². The molecule has 0 amide bonds. The third kappa shape index (κ3) is 1.66. The van der Waals surface area contributed by atoms with Crippen LogP contribution in [0, 0.1) is 11.8 Å². The zero-order chi connectivity index (χ0) is 8.39. The van der Waals surface area contributed by atoms with E-state index in [0.717, 1.165) is 19.3 Å². The second kappa shape index (κ2) is 3.26. The van der Waals surface area contributed by atoms with Gasteiger partial charge in [-0.1, -0.05) is 24.3 Å². The monoisotopic (exact) mass is 162 g/mol. The molecule has 0 aliphatic heterocycles. The Labute approximate surface area is 73.2 Å². The quantitative estimate of drug-likeness (QED) is 0.535. The summed E-state index contributed by atoms with van der Waals surface area (Å²) in [5, 5.41) is 0.